The first-order chi connectivity index (χ1) is 10.6. The number of rotatable bonds is 6. The molecule has 0 unspecified atom stereocenters. The van der Waals surface area contributed by atoms with Crippen LogP contribution in [0.15, 0.2) is 29.2 Å². The first-order valence-corrected chi connectivity index (χ1v) is 8.14. The van der Waals surface area contributed by atoms with Crippen LogP contribution in [0.5, 0.6) is 0 Å². The molecule has 9 heteroatoms. The normalized spacial score (nSPS) is 11.4. The smallest absolute Gasteiger partial charge is 0.264 e. The third kappa shape index (κ3) is 4.50. The van der Waals surface area contributed by atoms with Crippen molar-refractivity contribution in [2.45, 2.75) is 4.90 Å². The third-order valence-electron chi connectivity index (χ3n) is 3.21. The Hall–Kier alpha value is -1.97. The van der Waals surface area contributed by atoms with E-state index in [1.165, 1.54) is 55.3 Å². The number of hydrogen-bond acceptors (Lipinski definition) is 5. The van der Waals surface area contributed by atoms with Gasteiger partial charge < -0.3 is 9.80 Å². The second-order valence-corrected chi connectivity index (χ2v) is 7.01. The van der Waals surface area contributed by atoms with Gasteiger partial charge in [0.25, 0.3) is 15.9 Å². The zero-order chi connectivity index (χ0) is 17.8. The number of hydrogen-bond donors (Lipinski definition) is 0. The summed E-state index contributed by atoms with van der Waals surface area (Å²) in [6, 6.07) is 5.43. The SMILES string of the molecule is CON(C)S(=O)(=O)c1ccc(C(=O)N(C)CC(=O)N(C)C)cc1. The molecule has 0 aliphatic carbocycles. The highest BCUT2D eigenvalue weighted by molar-refractivity contribution is 7.89. The first kappa shape index (κ1) is 19.1. The van der Waals surface area contributed by atoms with Crippen molar-refractivity contribution < 1.29 is 22.8 Å². The zero-order valence-corrected chi connectivity index (χ0v) is 14.6. The summed E-state index contributed by atoms with van der Waals surface area (Å²) in [6.45, 7) is -0.0572. The number of carbonyl (C=O) groups excluding carboxylic acids is 2. The molecule has 8 nitrogen and oxygen atoms in total. The van der Waals surface area contributed by atoms with E-state index >= 15 is 0 Å². The number of amides is 2. The molecule has 0 saturated heterocycles. The van der Waals surface area contributed by atoms with E-state index in [2.05, 4.69) is 4.84 Å². The number of carbonyl (C=O) groups is 2. The lowest BCUT2D eigenvalue weighted by Crippen LogP contribution is -2.37. The van der Waals surface area contributed by atoms with Crippen molar-refractivity contribution in [2.24, 2.45) is 0 Å². The molecule has 0 spiro atoms. The van der Waals surface area contributed by atoms with Crippen LogP contribution in [0.3, 0.4) is 0 Å². The molecule has 0 saturated carbocycles. The fraction of sp³-hybridized carbons (Fsp3) is 0.429. The summed E-state index contributed by atoms with van der Waals surface area (Å²) >= 11 is 0. The predicted molar refractivity (Wildman–Crippen MR) is 84.1 cm³/mol. The van der Waals surface area contributed by atoms with Crippen molar-refractivity contribution in [1.82, 2.24) is 14.3 Å². The van der Waals surface area contributed by atoms with Gasteiger partial charge in [0, 0.05) is 33.8 Å². The largest absolute Gasteiger partial charge is 0.347 e. The van der Waals surface area contributed by atoms with Gasteiger partial charge in [0.05, 0.1) is 18.6 Å². The number of nitrogens with zero attached hydrogens (tertiary/aromatic N) is 3. The fourth-order valence-corrected chi connectivity index (χ4v) is 2.63. The molecule has 1 rings (SSSR count). The molecule has 0 heterocycles. The van der Waals surface area contributed by atoms with Gasteiger partial charge in [-0.15, -0.1) is 0 Å². The average Bonchev–Trinajstić information content (AvgIpc) is 2.52. The minimum absolute atomic E-state index is 0.00502. The van der Waals surface area contributed by atoms with Gasteiger partial charge in [-0.1, -0.05) is 4.47 Å². The molecule has 2 amide bonds. The van der Waals surface area contributed by atoms with Crippen LogP contribution in [0.25, 0.3) is 0 Å². The van der Waals surface area contributed by atoms with Gasteiger partial charge in [0.15, 0.2) is 0 Å². The number of likely N-dealkylation sites (N-methyl/N-ethyl adjacent to an activating group) is 2. The Bertz CT molecular complexity index is 670. The van der Waals surface area contributed by atoms with Gasteiger partial charge in [-0.2, -0.15) is 0 Å². The maximum absolute atomic E-state index is 12.2. The summed E-state index contributed by atoms with van der Waals surface area (Å²) in [7, 11) is 3.47. The van der Waals surface area contributed by atoms with Gasteiger partial charge >= 0.3 is 0 Å². The summed E-state index contributed by atoms with van der Waals surface area (Å²) < 4.78 is 24.8. The van der Waals surface area contributed by atoms with E-state index in [-0.39, 0.29) is 28.8 Å². The van der Waals surface area contributed by atoms with Crippen LogP contribution < -0.4 is 0 Å². The van der Waals surface area contributed by atoms with Crippen molar-refractivity contribution in [2.75, 3.05) is 41.8 Å². The van der Waals surface area contributed by atoms with Crippen LogP contribution in [0.2, 0.25) is 0 Å². The lowest BCUT2D eigenvalue weighted by Gasteiger charge is -2.19. The minimum atomic E-state index is -3.76. The monoisotopic (exact) mass is 343 g/mol. The van der Waals surface area contributed by atoms with Crippen LogP contribution in [0, 0.1) is 0 Å². The third-order valence-corrected chi connectivity index (χ3v) is 4.91. The first-order valence-electron chi connectivity index (χ1n) is 6.70. The van der Waals surface area contributed by atoms with E-state index in [1.54, 1.807) is 14.1 Å². The molecule has 0 fully saturated rings. The topological polar surface area (TPSA) is 87.2 Å². The lowest BCUT2D eigenvalue weighted by molar-refractivity contribution is -0.129. The molecule has 0 aromatic heterocycles. The number of hydroxylamine groups is 1. The molecule has 0 bridgehead atoms. The minimum Gasteiger partial charge on any atom is -0.347 e. The Morgan fingerprint density at radius 1 is 1.04 bits per heavy atom. The van der Waals surface area contributed by atoms with Gasteiger partial charge in [0.2, 0.25) is 5.91 Å². The summed E-state index contributed by atoms with van der Waals surface area (Å²) in [5, 5.41) is 0. The molecule has 0 N–H and O–H groups in total. The molecule has 0 aliphatic rings. The molecule has 128 valence electrons. The molecule has 0 atom stereocenters. The molecule has 23 heavy (non-hydrogen) atoms. The van der Waals surface area contributed by atoms with E-state index < -0.39 is 10.0 Å². The van der Waals surface area contributed by atoms with Crippen molar-refractivity contribution in [1.29, 1.82) is 0 Å². The summed E-state index contributed by atoms with van der Waals surface area (Å²) in [4.78, 5) is 31.2. The lowest BCUT2D eigenvalue weighted by atomic mass is 10.2. The van der Waals surface area contributed by atoms with Crippen LogP contribution in [0.4, 0.5) is 0 Å². The highest BCUT2D eigenvalue weighted by atomic mass is 32.2. The van der Waals surface area contributed by atoms with Crippen molar-refractivity contribution in [3.63, 3.8) is 0 Å². The quantitative estimate of drug-likeness (QED) is 0.680. The Morgan fingerprint density at radius 2 is 1.57 bits per heavy atom. The van der Waals surface area contributed by atoms with Crippen LogP contribution >= 0.6 is 0 Å². The van der Waals surface area contributed by atoms with E-state index in [0.29, 0.717) is 0 Å². The van der Waals surface area contributed by atoms with E-state index in [4.69, 9.17) is 0 Å². The molecule has 0 radical (unpaired) electrons. The van der Waals surface area contributed by atoms with Crippen molar-refractivity contribution in [3.05, 3.63) is 29.8 Å². The number of benzene rings is 1. The second-order valence-electron chi connectivity index (χ2n) is 5.07. The van der Waals surface area contributed by atoms with Crippen LogP contribution in [0.1, 0.15) is 10.4 Å². The van der Waals surface area contributed by atoms with Gasteiger partial charge in [-0.05, 0) is 24.3 Å². The van der Waals surface area contributed by atoms with Crippen LogP contribution in [-0.4, -0.2) is 76.3 Å². The Labute approximate surface area is 136 Å². The molecule has 1 aromatic carbocycles. The summed E-state index contributed by atoms with van der Waals surface area (Å²) in [5.74, 6) is -0.578. The zero-order valence-electron chi connectivity index (χ0n) is 13.8. The molecule has 0 aliphatic heterocycles. The maximum atomic E-state index is 12.2. The van der Waals surface area contributed by atoms with E-state index in [9.17, 15) is 18.0 Å². The van der Waals surface area contributed by atoms with Crippen molar-refractivity contribution >= 4 is 21.8 Å². The second kappa shape index (κ2) is 7.53. The highest BCUT2D eigenvalue weighted by Crippen LogP contribution is 2.16. The Balaban J connectivity index is 2.92. The highest BCUT2D eigenvalue weighted by Gasteiger charge is 2.22. The van der Waals surface area contributed by atoms with Gasteiger partial charge in [0.1, 0.15) is 0 Å². The molecular formula is C14H21N3O5S. The van der Waals surface area contributed by atoms with E-state index in [1.807, 2.05) is 0 Å². The van der Waals surface area contributed by atoms with Crippen molar-refractivity contribution in [3.8, 4) is 0 Å². The van der Waals surface area contributed by atoms with Gasteiger partial charge in [-0.25, -0.2) is 8.42 Å². The maximum Gasteiger partial charge on any atom is 0.264 e. The summed E-state index contributed by atoms with van der Waals surface area (Å²) in [5.41, 5.74) is 0.290. The standard InChI is InChI=1S/C14H21N3O5S/c1-15(2)13(18)10-16(3)14(19)11-6-8-12(9-7-11)23(20,21)17(4)22-5/h6-9H,10H2,1-5H3. The predicted octanol–water partition coefficient (Wildman–Crippen LogP) is 0.0287. The van der Waals surface area contributed by atoms with E-state index in [0.717, 1.165) is 4.47 Å². The fourth-order valence-electron chi connectivity index (χ4n) is 1.65. The molecular weight excluding hydrogens is 322 g/mol. The van der Waals surface area contributed by atoms with Crippen LogP contribution in [-0.2, 0) is 19.7 Å². The molecule has 1 aromatic rings. The van der Waals surface area contributed by atoms with Gasteiger partial charge in [-0.3, -0.25) is 14.4 Å². The summed E-state index contributed by atoms with van der Waals surface area (Å²) in [6.07, 6.45) is 0. The average molecular weight is 343 g/mol. The Morgan fingerprint density at radius 3 is 2.00 bits per heavy atom. The Kier molecular flexibility index (Phi) is 6.25. The number of sulfonamides is 1.